The summed E-state index contributed by atoms with van der Waals surface area (Å²) in [6.45, 7) is 18.0. The maximum Gasteiger partial charge on any atom is 0.410 e. The van der Waals surface area contributed by atoms with Gasteiger partial charge in [0, 0.05) is 52.4 Å². The van der Waals surface area contributed by atoms with Crippen LogP contribution in [-0.4, -0.2) is 150 Å². The van der Waals surface area contributed by atoms with Crippen LogP contribution >= 0.6 is 0 Å². The van der Waals surface area contributed by atoms with Crippen LogP contribution in [0.3, 0.4) is 0 Å². The number of carbonyl (C=O) groups is 4. The summed E-state index contributed by atoms with van der Waals surface area (Å²) in [5.74, 6) is -5.55. The van der Waals surface area contributed by atoms with Gasteiger partial charge in [-0.2, -0.15) is 0 Å². The van der Waals surface area contributed by atoms with Crippen LogP contribution in [0, 0.1) is 23.7 Å². The summed E-state index contributed by atoms with van der Waals surface area (Å²) in [6, 6.07) is 8.38. The molecule has 64 heavy (non-hydrogen) atoms. The Hall–Kier alpha value is -3.26. The Bertz CT molecular complexity index is 1710. The normalized spacial score (nSPS) is 41.6. The van der Waals surface area contributed by atoms with Gasteiger partial charge in [0.25, 0.3) is 0 Å². The second kappa shape index (κ2) is 22.0. The zero-order valence-corrected chi connectivity index (χ0v) is 40.2. The zero-order chi connectivity index (χ0) is 48.1. The standard InChI is InChI=1S/C47H75NO16/c1-15-34-47(11,55)39(52)27(4)36(50)25(2)22-45(9,56-13)40(64-43-37(51)33(21-26(3)59-43)48(12)44(54)58-24-32-19-17-16-18-20-32)28(5)38(29(6)42(53)62-34)63-35-23-46(10,57-14)41(30(7)60-35)61-31(8)49/h16-20,25-30,33-35,37-41,43,51-52,55H,15,21-24H2,1-14H3/t25-,26-,27+,28+,29-,30+,33+,34-,35+,37-,38+,39-,40-,41+,43+,45+,46-,47-/m1/s1. The van der Waals surface area contributed by atoms with Crippen LogP contribution in [0.25, 0.3) is 0 Å². The predicted molar refractivity (Wildman–Crippen MR) is 231 cm³/mol. The molecule has 1 aromatic rings. The highest BCUT2D eigenvalue weighted by Crippen LogP contribution is 2.42. The van der Waals surface area contributed by atoms with Crippen LogP contribution in [0.1, 0.15) is 107 Å². The van der Waals surface area contributed by atoms with Crippen molar-refractivity contribution in [3.8, 4) is 0 Å². The van der Waals surface area contributed by atoms with Crippen molar-refractivity contribution in [1.82, 2.24) is 4.90 Å². The topological polar surface area (TPSA) is 215 Å². The monoisotopic (exact) mass is 910 g/mol. The second-order valence-electron chi connectivity index (χ2n) is 18.9. The van der Waals surface area contributed by atoms with Crippen LogP contribution in [0.4, 0.5) is 4.79 Å². The van der Waals surface area contributed by atoms with E-state index in [4.69, 9.17) is 42.6 Å². The number of carbonyl (C=O) groups excluding carboxylic acids is 4. The summed E-state index contributed by atoms with van der Waals surface area (Å²) in [5, 5.41) is 35.4. The molecule has 1 amide bonds. The summed E-state index contributed by atoms with van der Waals surface area (Å²) in [6.07, 6.45) is -11.3. The van der Waals surface area contributed by atoms with Gasteiger partial charge in [-0.25, -0.2) is 4.79 Å². The number of methoxy groups -OCH3 is 2. The summed E-state index contributed by atoms with van der Waals surface area (Å²) < 4.78 is 55.9. The Morgan fingerprint density at radius 1 is 0.875 bits per heavy atom. The molecule has 0 aliphatic carbocycles. The third-order valence-corrected chi connectivity index (χ3v) is 13.8. The van der Waals surface area contributed by atoms with E-state index in [2.05, 4.69) is 0 Å². The van der Waals surface area contributed by atoms with E-state index in [1.807, 2.05) is 30.3 Å². The third-order valence-electron chi connectivity index (χ3n) is 13.8. The SMILES string of the molecule is CC[C@H]1OC(=O)[C@H](C)[C@@H](O[C@H]2C[C@@](C)(OC)[C@@H](OC(C)=O)[C@H](C)O2)[C@H](C)[C@@H](O[C@@H]2O[C@H](C)C[C@H](N(C)C(=O)OCc3ccccc3)[C@H]2O)[C@@](C)(OC)C[C@@H](C)C(=O)[C@H](C)[C@@H](O)[C@]1(C)O. The van der Waals surface area contributed by atoms with Gasteiger partial charge in [-0.05, 0) is 66.4 Å². The number of ether oxygens (including phenoxy) is 9. The van der Waals surface area contributed by atoms with Crippen molar-refractivity contribution in [1.29, 1.82) is 0 Å². The molecule has 0 bridgehead atoms. The molecule has 3 aliphatic heterocycles. The highest BCUT2D eigenvalue weighted by molar-refractivity contribution is 5.83. The fourth-order valence-corrected chi connectivity index (χ4v) is 9.80. The first-order valence-corrected chi connectivity index (χ1v) is 22.5. The molecule has 3 fully saturated rings. The maximum absolute atomic E-state index is 14.4. The van der Waals surface area contributed by atoms with E-state index in [9.17, 15) is 34.5 Å². The van der Waals surface area contributed by atoms with E-state index in [0.29, 0.717) is 0 Å². The van der Waals surface area contributed by atoms with E-state index < -0.39 is 126 Å². The van der Waals surface area contributed by atoms with Crippen LogP contribution in [0.5, 0.6) is 0 Å². The van der Waals surface area contributed by atoms with Crippen LogP contribution < -0.4 is 0 Å². The second-order valence-corrected chi connectivity index (χ2v) is 18.9. The van der Waals surface area contributed by atoms with E-state index in [-0.39, 0.29) is 38.1 Å². The Morgan fingerprint density at radius 3 is 2.06 bits per heavy atom. The lowest BCUT2D eigenvalue weighted by molar-refractivity contribution is -0.319. The van der Waals surface area contributed by atoms with E-state index in [0.717, 1.165) is 5.56 Å². The van der Waals surface area contributed by atoms with Gasteiger partial charge in [-0.3, -0.25) is 14.4 Å². The lowest BCUT2D eigenvalue weighted by Crippen LogP contribution is -2.62. The number of nitrogens with zero attached hydrogens (tertiary/aromatic N) is 1. The molecule has 0 saturated carbocycles. The van der Waals surface area contributed by atoms with Crippen molar-refractivity contribution in [2.24, 2.45) is 23.7 Å². The molecule has 17 nitrogen and oxygen atoms in total. The number of aliphatic hydroxyl groups is 3. The zero-order valence-electron chi connectivity index (χ0n) is 40.2. The fourth-order valence-electron chi connectivity index (χ4n) is 9.80. The average Bonchev–Trinajstić information content (AvgIpc) is 3.25. The number of benzene rings is 1. The third kappa shape index (κ3) is 12.0. The van der Waals surface area contributed by atoms with Gasteiger partial charge in [0.05, 0.1) is 48.1 Å². The van der Waals surface area contributed by atoms with Gasteiger partial charge in [-0.15, -0.1) is 0 Å². The number of Topliss-reactive ketones (excluding diaryl/α,β-unsaturated/α-hetero) is 1. The average molecular weight is 910 g/mol. The Balaban J connectivity index is 1.81. The molecule has 0 aromatic heterocycles. The molecule has 18 atom stereocenters. The molecule has 364 valence electrons. The highest BCUT2D eigenvalue weighted by atomic mass is 16.7. The first kappa shape index (κ1) is 53.4. The number of hydrogen-bond acceptors (Lipinski definition) is 16. The molecule has 4 rings (SSSR count). The maximum atomic E-state index is 14.4. The number of ketones is 1. The summed E-state index contributed by atoms with van der Waals surface area (Å²) in [7, 11) is 4.48. The van der Waals surface area contributed by atoms with Crippen molar-refractivity contribution in [3.63, 3.8) is 0 Å². The molecule has 1 aromatic carbocycles. The summed E-state index contributed by atoms with van der Waals surface area (Å²) >= 11 is 0. The molecular formula is C47H75NO16. The number of cyclic esters (lactones) is 1. The first-order valence-electron chi connectivity index (χ1n) is 22.5. The lowest BCUT2D eigenvalue weighted by atomic mass is 9.74. The molecule has 3 N–H and O–H groups in total. The molecule has 0 radical (unpaired) electrons. The smallest absolute Gasteiger partial charge is 0.410 e. The number of amides is 1. The van der Waals surface area contributed by atoms with Crippen molar-refractivity contribution in [3.05, 3.63) is 35.9 Å². The van der Waals surface area contributed by atoms with Crippen molar-refractivity contribution in [2.45, 2.75) is 193 Å². The minimum absolute atomic E-state index is 0.00951. The lowest BCUT2D eigenvalue weighted by Gasteiger charge is -2.50. The molecule has 3 heterocycles. The van der Waals surface area contributed by atoms with E-state index >= 15 is 0 Å². The molecule has 0 unspecified atom stereocenters. The molecule has 0 spiro atoms. The minimum Gasteiger partial charge on any atom is -0.459 e. The van der Waals surface area contributed by atoms with Gasteiger partial charge >= 0.3 is 18.0 Å². The quantitative estimate of drug-likeness (QED) is 0.202. The Kier molecular flexibility index (Phi) is 18.4. The number of esters is 2. The van der Waals surface area contributed by atoms with Gasteiger partial charge in [0.2, 0.25) is 0 Å². The molecule has 3 aliphatic rings. The number of aliphatic hydroxyl groups excluding tert-OH is 2. The highest BCUT2D eigenvalue weighted by Gasteiger charge is 2.55. The van der Waals surface area contributed by atoms with Gasteiger partial charge in [0.1, 0.15) is 35.8 Å². The van der Waals surface area contributed by atoms with Crippen LogP contribution in [0.15, 0.2) is 30.3 Å². The molecule has 3 saturated heterocycles. The fraction of sp³-hybridized carbons (Fsp3) is 0.787. The van der Waals surface area contributed by atoms with Gasteiger partial charge < -0.3 is 62.9 Å². The van der Waals surface area contributed by atoms with Crippen LogP contribution in [0.2, 0.25) is 0 Å². The summed E-state index contributed by atoms with van der Waals surface area (Å²) in [4.78, 5) is 55.5. The molecule has 17 heteroatoms. The minimum atomic E-state index is -2.03. The first-order chi connectivity index (χ1) is 29.8. The predicted octanol–water partition coefficient (Wildman–Crippen LogP) is 4.72. The Labute approximate surface area is 378 Å². The number of likely N-dealkylation sites (N-methyl/N-ethyl adjacent to an activating group) is 1. The van der Waals surface area contributed by atoms with Crippen molar-refractivity contribution < 1.29 is 77.1 Å². The largest absolute Gasteiger partial charge is 0.459 e. The number of hydrogen-bond donors (Lipinski definition) is 3. The van der Waals surface area contributed by atoms with Gasteiger partial charge in [-0.1, -0.05) is 58.0 Å². The Morgan fingerprint density at radius 2 is 1.48 bits per heavy atom. The number of rotatable bonds is 11. The van der Waals surface area contributed by atoms with Crippen molar-refractivity contribution >= 4 is 23.8 Å². The molecular weight excluding hydrogens is 835 g/mol. The van der Waals surface area contributed by atoms with Crippen LogP contribution in [-0.2, 0) is 63.6 Å². The van der Waals surface area contributed by atoms with E-state index in [1.54, 1.807) is 55.4 Å². The van der Waals surface area contributed by atoms with Gasteiger partial charge in [0.15, 0.2) is 18.7 Å². The summed E-state index contributed by atoms with van der Waals surface area (Å²) in [5.41, 5.74) is -3.73. The van der Waals surface area contributed by atoms with E-state index in [1.165, 1.54) is 46.9 Å². The van der Waals surface area contributed by atoms with Crippen molar-refractivity contribution in [2.75, 3.05) is 21.3 Å².